The Morgan fingerprint density at radius 1 is 0.704 bits per heavy atom. The molecule has 3 rings (SSSR count). The van der Waals surface area contributed by atoms with Crippen LogP contribution in [0.1, 0.15) is 53.5 Å². The monoisotopic (exact) mass is 770 g/mol. The summed E-state index contributed by atoms with van der Waals surface area (Å²) < 4.78 is 62.5. The van der Waals surface area contributed by atoms with Crippen LogP contribution in [0.3, 0.4) is 0 Å². The topological polar surface area (TPSA) is 242 Å². The van der Waals surface area contributed by atoms with Gasteiger partial charge in [-0.25, -0.2) is 9.59 Å². The Kier molecular flexibility index (Phi) is 17.8. The fraction of sp³-hybridized carbons (Fsp3) is 0.657. The van der Waals surface area contributed by atoms with Gasteiger partial charge in [0.1, 0.15) is 31.5 Å². The molecule has 0 aliphatic carbocycles. The van der Waals surface area contributed by atoms with E-state index in [2.05, 4.69) is 5.32 Å². The van der Waals surface area contributed by atoms with E-state index < -0.39 is 104 Å². The third-order valence-electron chi connectivity index (χ3n) is 8.14. The normalized spacial score (nSPS) is 27.8. The zero-order valence-corrected chi connectivity index (χ0v) is 31.1. The van der Waals surface area contributed by atoms with Gasteiger partial charge < -0.3 is 63.2 Å². The first-order valence-corrected chi connectivity index (χ1v) is 17.4. The average molecular weight is 771 g/mol. The molecule has 2 aliphatic heterocycles. The molecule has 2 saturated heterocycles. The first kappa shape index (κ1) is 43.8. The van der Waals surface area contributed by atoms with E-state index in [0.717, 1.165) is 26.3 Å². The molecule has 19 heteroatoms. The second kappa shape index (κ2) is 22.0. The molecule has 0 spiro atoms. The number of carbonyl (C=O) groups excluding carboxylic acids is 6. The smallest absolute Gasteiger partial charge is 0.407 e. The van der Waals surface area contributed by atoms with Gasteiger partial charge >= 0.3 is 36.1 Å². The SMILES string of the molecule is CC[C@@H]1OC(OCCOCCNC(=O)OCc2ccccc2)[C@@H](O[C@H]2O[C@H](COC(C)=O)[C@@H](OC(C)=O)[C@H](OC(N)=O)[C@@H]2OC(C)=O)[C@@H](OC(C)=O)[C@@H]1C. The van der Waals surface area contributed by atoms with Crippen LogP contribution >= 0.6 is 0 Å². The number of carbonyl (C=O) groups is 6. The van der Waals surface area contributed by atoms with Gasteiger partial charge in [0.25, 0.3) is 0 Å². The average Bonchev–Trinajstić information content (AvgIpc) is 3.10. The quantitative estimate of drug-likeness (QED) is 0.122. The van der Waals surface area contributed by atoms with Gasteiger partial charge in [-0.1, -0.05) is 44.2 Å². The van der Waals surface area contributed by atoms with Gasteiger partial charge in [-0.2, -0.15) is 0 Å². The lowest BCUT2D eigenvalue weighted by molar-refractivity contribution is -0.362. The number of hydrogen-bond donors (Lipinski definition) is 2. The lowest BCUT2D eigenvalue weighted by Crippen LogP contribution is -2.65. The van der Waals surface area contributed by atoms with E-state index in [1.54, 1.807) is 6.92 Å². The predicted octanol–water partition coefficient (Wildman–Crippen LogP) is 1.65. The fourth-order valence-corrected chi connectivity index (χ4v) is 5.87. The summed E-state index contributed by atoms with van der Waals surface area (Å²) in [5.41, 5.74) is 6.20. The second-order valence-electron chi connectivity index (χ2n) is 12.4. The highest BCUT2D eigenvalue weighted by Gasteiger charge is 2.56. The highest BCUT2D eigenvalue weighted by molar-refractivity contribution is 5.69. The zero-order valence-electron chi connectivity index (χ0n) is 31.1. The molecule has 2 aliphatic rings. The number of alkyl carbamates (subject to hydrolysis) is 1. The Bertz CT molecular complexity index is 1400. The van der Waals surface area contributed by atoms with Gasteiger partial charge in [-0.3, -0.25) is 19.2 Å². The highest BCUT2D eigenvalue weighted by atomic mass is 16.8. The van der Waals surface area contributed by atoms with Crippen LogP contribution in [0.4, 0.5) is 9.59 Å². The van der Waals surface area contributed by atoms with Crippen molar-refractivity contribution in [3.8, 4) is 0 Å². The largest absolute Gasteiger partial charge is 0.463 e. The van der Waals surface area contributed by atoms with Gasteiger partial charge in [0.2, 0.25) is 0 Å². The summed E-state index contributed by atoms with van der Waals surface area (Å²) in [4.78, 5) is 72.7. The Balaban J connectivity index is 1.78. The second-order valence-corrected chi connectivity index (χ2v) is 12.4. The molecule has 0 aromatic heterocycles. The van der Waals surface area contributed by atoms with Crippen molar-refractivity contribution in [3.05, 3.63) is 35.9 Å². The summed E-state index contributed by atoms with van der Waals surface area (Å²) in [6.45, 7) is 7.98. The van der Waals surface area contributed by atoms with Crippen molar-refractivity contribution in [2.75, 3.05) is 33.0 Å². The molecule has 54 heavy (non-hydrogen) atoms. The zero-order chi connectivity index (χ0) is 39.8. The highest BCUT2D eigenvalue weighted by Crippen LogP contribution is 2.36. The number of nitrogens with one attached hydrogen (secondary N) is 1. The summed E-state index contributed by atoms with van der Waals surface area (Å²) in [5, 5.41) is 2.59. The number of amides is 2. The summed E-state index contributed by atoms with van der Waals surface area (Å²) in [7, 11) is 0. The van der Waals surface area contributed by atoms with E-state index in [4.69, 9.17) is 57.8 Å². The molecule has 0 radical (unpaired) electrons. The summed E-state index contributed by atoms with van der Waals surface area (Å²) >= 11 is 0. The minimum absolute atomic E-state index is 0.0386. The number of esters is 4. The van der Waals surface area contributed by atoms with Crippen molar-refractivity contribution in [3.63, 3.8) is 0 Å². The Labute approximate surface area is 312 Å². The number of primary amides is 1. The number of rotatable bonds is 18. The minimum atomic E-state index is -1.65. The molecule has 2 fully saturated rings. The van der Waals surface area contributed by atoms with Gasteiger partial charge in [-0.15, -0.1) is 0 Å². The van der Waals surface area contributed by atoms with Gasteiger partial charge in [0.15, 0.2) is 30.9 Å². The predicted molar refractivity (Wildman–Crippen MR) is 181 cm³/mol. The van der Waals surface area contributed by atoms with Crippen LogP contribution in [-0.4, -0.2) is 124 Å². The molecule has 1 unspecified atom stereocenters. The van der Waals surface area contributed by atoms with Crippen LogP contribution in [0.25, 0.3) is 0 Å². The van der Waals surface area contributed by atoms with Crippen LogP contribution in [0.5, 0.6) is 0 Å². The molecular weight excluding hydrogens is 720 g/mol. The first-order valence-electron chi connectivity index (χ1n) is 17.4. The van der Waals surface area contributed by atoms with Gasteiger partial charge in [-0.05, 0) is 12.0 Å². The molecule has 0 saturated carbocycles. The third kappa shape index (κ3) is 14.0. The Morgan fingerprint density at radius 2 is 1.33 bits per heavy atom. The summed E-state index contributed by atoms with van der Waals surface area (Å²) in [6.07, 6.45) is -13.2. The van der Waals surface area contributed by atoms with E-state index in [-0.39, 0.29) is 33.0 Å². The molecule has 1 aromatic rings. The maximum absolute atomic E-state index is 12.4. The lowest BCUT2D eigenvalue weighted by Gasteiger charge is -2.48. The maximum atomic E-state index is 12.4. The molecular formula is C35H50N2O17. The number of ether oxygens (including phenoxy) is 11. The molecule has 2 heterocycles. The van der Waals surface area contributed by atoms with Crippen molar-refractivity contribution >= 4 is 36.1 Å². The van der Waals surface area contributed by atoms with Crippen LogP contribution in [0.15, 0.2) is 30.3 Å². The third-order valence-corrected chi connectivity index (χ3v) is 8.14. The van der Waals surface area contributed by atoms with Crippen LogP contribution in [0, 0.1) is 5.92 Å². The Hall–Kier alpha value is -4.56. The first-order chi connectivity index (χ1) is 25.7. The molecule has 10 atom stereocenters. The van der Waals surface area contributed by atoms with Gasteiger partial charge in [0.05, 0.1) is 25.9 Å². The Morgan fingerprint density at radius 3 is 1.94 bits per heavy atom. The van der Waals surface area contributed by atoms with Crippen LogP contribution < -0.4 is 11.1 Å². The van der Waals surface area contributed by atoms with Crippen LogP contribution in [-0.2, 0) is 77.9 Å². The van der Waals surface area contributed by atoms with E-state index >= 15 is 0 Å². The lowest BCUT2D eigenvalue weighted by atomic mass is 9.88. The van der Waals surface area contributed by atoms with E-state index in [1.165, 1.54) is 6.92 Å². The molecule has 3 N–H and O–H groups in total. The minimum Gasteiger partial charge on any atom is -0.463 e. The molecule has 1 aromatic carbocycles. The van der Waals surface area contributed by atoms with Crippen molar-refractivity contribution in [1.82, 2.24) is 5.32 Å². The van der Waals surface area contributed by atoms with Crippen molar-refractivity contribution in [2.45, 2.75) is 110 Å². The van der Waals surface area contributed by atoms with Gasteiger partial charge in [0, 0.05) is 40.2 Å². The van der Waals surface area contributed by atoms with Crippen molar-refractivity contribution in [2.24, 2.45) is 11.7 Å². The molecule has 19 nitrogen and oxygen atoms in total. The van der Waals surface area contributed by atoms with Crippen LogP contribution in [0.2, 0.25) is 0 Å². The van der Waals surface area contributed by atoms with Crippen molar-refractivity contribution in [1.29, 1.82) is 0 Å². The summed E-state index contributed by atoms with van der Waals surface area (Å²) in [6, 6.07) is 9.20. The molecule has 2 amide bonds. The summed E-state index contributed by atoms with van der Waals surface area (Å²) in [5.74, 6) is -3.52. The van der Waals surface area contributed by atoms with Crippen molar-refractivity contribution < 1.29 is 80.9 Å². The standard InChI is InChI=1S/C35H50N2O17/c1-7-25-19(2)27(48-21(4)39)30(32(51-25)45-16-15-44-14-13-37-35(43)47-17-24-11-9-8-10-12-24)53-33-31(50-23(6)41)29(54-34(36)42)28(49-22(5)40)26(52-33)18-46-20(3)38/h8-12,19,25-33H,7,13-18H2,1-6H3,(H2,36,42)(H,37,43)/t19-,25+,26-,27+,28-,29+,30+,31+,32?,33-/m1/s1. The maximum Gasteiger partial charge on any atom is 0.407 e. The molecule has 302 valence electrons. The fourth-order valence-electron chi connectivity index (χ4n) is 5.87. The van der Waals surface area contributed by atoms with E-state index in [1.807, 2.05) is 37.3 Å². The van der Waals surface area contributed by atoms with E-state index in [0.29, 0.717) is 6.42 Å². The van der Waals surface area contributed by atoms with E-state index in [9.17, 15) is 28.8 Å². The number of hydrogen-bond acceptors (Lipinski definition) is 17. The number of benzene rings is 1. The number of nitrogens with two attached hydrogens (primary N) is 1. The molecule has 0 bridgehead atoms.